The first-order valence-corrected chi connectivity index (χ1v) is 5.13. The topological polar surface area (TPSA) is 78.4 Å². The van der Waals surface area contributed by atoms with E-state index in [0.717, 1.165) is 0 Å². The lowest BCUT2D eigenvalue weighted by Crippen LogP contribution is -2.50. The third-order valence-electron chi connectivity index (χ3n) is 1.98. The van der Waals surface area contributed by atoms with Crippen LogP contribution in [0.4, 0.5) is 22.4 Å². The van der Waals surface area contributed by atoms with Crippen LogP contribution in [0.2, 0.25) is 0 Å². The highest BCUT2D eigenvalue weighted by Crippen LogP contribution is 2.21. The SMILES string of the molecule is CCCC(NC(=O)NCC(F)(F)C(F)F)C(=O)O. The van der Waals surface area contributed by atoms with E-state index >= 15 is 0 Å². The van der Waals surface area contributed by atoms with Crippen LogP contribution in [-0.4, -0.2) is 42.0 Å². The number of carbonyl (C=O) groups excluding carboxylic acids is 1. The number of amides is 2. The molecule has 0 saturated heterocycles. The molecule has 0 aromatic rings. The Morgan fingerprint density at radius 2 is 1.89 bits per heavy atom. The number of carboxylic acid groups (broad SMARTS) is 1. The predicted molar refractivity (Wildman–Crippen MR) is 53.8 cm³/mol. The van der Waals surface area contributed by atoms with Crippen LogP contribution in [0.1, 0.15) is 19.8 Å². The zero-order valence-electron chi connectivity index (χ0n) is 9.55. The van der Waals surface area contributed by atoms with Crippen LogP contribution in [0.5, 0.6) is 0 Å². The first-order valence-electron chi connectivity index (χ1n) is 5.13. The van der Waals surface area contributed by atoms with Gasteiger partial charge in [-0.15, -0.1) is 0 Å². The van der Waals surface area contributed by atoms with E-state index in [1.807, 2.05) is 5.32 Å². The van der Waals surface area contributed by atoms with Gasteiger partial charge in [-0.2, -0.15) is 8.78 Å². The minimum atomic E-state index is -4.35. The number of rotatable bonds is 7. The fourth-order valence-corrected chi connectivity index (χ4v) is 1.03. The summed E-state index contributed by atoms with van der Waals surface area (Å²) in [6, 6.07) is -2.47. The van der Waals surface area contributed by atoms with Crippen LogP contribution in [0.15, 0.2) is 0 Å². The standard InChI is InChI=1S/C9H14F4N2O3/c1-2-3-5(6(16)17)15-8(18)14-4-9(12,13)7(10)11/h5,7H,2-4H2,1H3,(H,16,17)(H2,14,15,18). The largest absolute Gasteiger partial charge is 0.480 e. The van der Waals surface area contributed by atoms with Gasteiger partial charge >= 0.3 is 24.3 Å². The molecule has 0 spiro atoms. The Hall–Kier alpha value is -1.54. The molecule has 3 N–H and O–H groups in total. The van der Waals surface area contributed by atoms with Gasteiger partial charge in [0, 0.05) is 0 Å². The Morgan fingerprint density at radius 1 is 1.33 bits per heavy atom. The molecule has 1 unspecified atom stereocenters. The fourth-order valence-electron chi connectivity index (χ4n) is 1.03. The average Bonchev–Trinajstić information content (AvgIpc) is 2.25. The minimum Gasteiger partial charge on any atom is -0.480 e. The molecule has 0 aromatic carbocycles. The van der Waals surface area contributed by atoms with Gasteiger partial charge in [0.15, 0.2) is 0 Å². The van der Waals surface area contributed by atoms with Crippen molar-refractivity contribution in [1.82, 2.24) is 10.6 Å². The van der Waals surface area contributed by atoms with Crippen LogP contribution >= 0.6 is 0 Å². The van der Waals surface area contributed by atoms with Gasteiger partial charge in [-0.25, -0.2) is 18.4 Å². The van der Waals surface area contributed by atoms with Crippen molar-refractivity contribution in [2.45, 2.75) is 38.2 Å². The van der Waals surface area contributed by atoms with Crippen LogP contribution in [0.25, 0.3) is 0 Å². The maximum Gasteiger partial charge on any atom is 0.326 e. The summed E-state index contributed by atoms with van der Waals surface area (Å²) in [5.74, 6) is -5.67. The summed E-state index contributed by atoms with van der Waals surface area (Å²) in [7, 11) is 0. The molecule has 0 bridgehead atoms. The second-order valence-electron chi connectivity index (χ2n) is 3.57. The Bertz CT molecular complexity index is 300. The first-order chi connectivity index (χ1) is 8.20. The first kappa shape index (κ1) is 16.5. The minimum absolute atomic E-state index is 0.105. The van der Waals surface area contributed by atoms with E-state index < -0.39 is 36.9 Å². The second kappa shape index (κ2) is 7.02. The van der Waals surface area contributed by atoms with Crippen molar-refractivity contribution >= 4 is 12.0 Å². The van der Waals surface area contributed by atoms with Crippen molar-refractivity contribution in [3.8, 4) is 0 Å². The number of alkyl halides is 4. The highest BCUT2D eigenvalue weighted by molar-refractivity contribution is 5.82. The molecular formula is C9H14F4N2O3. The predicted octanol–water partition coefficient (Wildman–Crippen LogP) is 1.44. The summed E-state index contributed by atoms with van der Waals surface area (Å²) in [5.41, 5.74) is 0. The van der Waals surface area contributed by atoms with Gasteiger partial charge in [-0.3, -0.25) is 0 Å². The number of hydrogen-bond donors (Lipinski definition) is 3. The summed E-state index contributed by atoms with van der Waals surface area (Å²) < 4.78 is 48.4. The Labute approximate surface area is 101 Å². The number of urea groups is 1. The molecule has 9 heteroatoms. The summed E-state index contributed by atoms with van der Waals surface area (Å²) in [4.78, 5) is 21.7. The summed E-state index contributed by atoms with van der Waals surface area (Å²) in [5, 5.41) is 12.1. The fraction of sp³-hybridized carbons (Fsp3) is 0.778. The van der Waals surface area contributed by atoms with E-state index in [1.54, 1.807) is 6.92 Å². The molecule has 5 nitrogen and oxygen atoms in total. The summed E-state index contributed by atoms with van der Waals surface area (Å²) >= 11 is 0. The second-order valence-corrected chi connectivity index (χ2v) is 3.57. The highest BCUT2D eigenvalue weighted by atomic mass is 19.3. The number of hydrogen-bond acceptors (Lipinski definition) is 2. The lowest BCUT2D eigenvalue weighted by molar-refractivity contribution is -0.139. The molecule has 0 aromatic heterocycles. The van der Waals surface area contributed by atoms with Gasteiger partial charge < -0.3 is 15.7 Å². The third-order valence-corrected chi connectivity index (χ3v) is 1.98. The van der Waals surface area contributed by atoms with Crippen LogP contribution in [-0.2, 0) is 4.79 Å². The van der Waals surface area contributed by atoms with Crippen molar-refractivity contribution in [3.05, 3.63) is 0 Å². The normalized spacial score (nSPS) is 13.2. The van der Waals surface area contributed by atoms with Gasteiger partial charge in [-0.05, 0) is 6.42 Å². The van der Waals surface area contributed by atoms with Gasteiger partial charge in [0.1, 0.15) is 6.04 Å². The van der Waals surface area contributed by atoms with Crippen LogP contribution in [0, 0.1) is 0 Å². The zero-order valence-corrected chi connectivity index (χ0v) is 9.55. The monoisotopic (exact) mass is 274 g/mol. The molecule has 106 valence electrons. The molecule has 0 heterocycles. The van der Waals surface area contributed by atoms with E-state index in [0.29, 0.717) is 6.42 Å². The highest BCUT2D eigenvalue weighted by Gasteiger charge is 2.41. The molecule has 0 aliphatic rings. The van der Waals surface area contributed by atoms with E-state index in [2.05, 4.69) is 0 Å². The van der Waals surface area contributed by atoms with E-state index in [9.17, 15) is 27.2 Å². The molecule has 0 aliphatic carbocycles. The summed E-state index contributed by atoms with van der Waals surface area (Å²) in [6.07, 6.45) is -3.35. The van der Waals surface area contributed by atoms with Gasteiger partial charge in [0.05, 0.1) is 6.54 Å². The number of nitrogens with one attached hydrogen (secondary N) is 2. The molecular weight excluding hydrogens is 260 g/mol. The molecule has 0 rings (SSSR count). The van der Waals surface area contributed by atoms with Crippen molar-refractivity contribution < 1.29 is 32.3 Å². The van der Waals surface area contributed by atoms with E-state index in [-0.39, 0.29) is 6.42 Å². The number of carboxylic acids is 1. The number of aliphatic carboxylic acids is 1. The average molecular weight is 274 g/mol. The number of halogens is 4. The van der Waals surface area contributed by atoms with Crippen molar-refractivity contribution in [3.63, 3.8) is 0 Å². The molecule has 1 atom stereocenters. The van der Waals surface area contributed by atoms with E-state index in [1.165, 1.54) is 5.32 Å². The maximum atomic E-state index is 12.4. The van der Waals surface area contributed by atoms with Crippen molar-refractivity contribution in [2.24, 2.45) is 0 Å². The quantitative estimate of drug-likeness (QED) is 0.615. The molecule has 2 amide bonds. The van der Waals surface area contributed by atoms with Crippen LogP contribution in [0.3, 0.4) is 0 Å². The van der Waals surface area contributed by atoms with Gasteiger partial charge in [0.25, 0.3) is 0 Å². The van der Waals surface area contributed by atoms with Gasteiger partial charge in [0.2, 0.25) is 0 Å². The smallest absolute Gasteiger partial charge is 0.326 e. The molecule has 0 saturated carbocycles. The number of carbonyl (C=O) groups is 2. The van der Waals surface area contributed by atoms with Crippen molar-refractivity contribution in [2.75, 3.05) is 6.54 Å². The molecule has 0 fully saturated rings. The van der Waals surface area contributed by atoms with Crippen molar-refractivity contribution in [1.29, 1.82) is 0 Å². The summed E-state index contributed by atoms with van der Waals surface area (Å²) in [6.45, 7) is 0.107. The van der Waals surface area contributed by atoms with Gasteiger partial charge in [-0.1, -0.05) is 13.3 Å². The molecule has 0 aliphatic heterocycles. The lowest BCUT2D eigenvalue weighted by atomic mass is 10.2. The Balaban J connectivity index is 4.22. The lowest BCUT2D eigenvalue weighted by Gasteiger charge is -2.18. The Kier molecular flexibility index (Phi) is 6.42. The third kappa shape index (κ3) is 5.69. The Morgan fingerprint density at radius 3 is 2.28 bits per heavy atom. The molecule has 18 heavy (non-hydrogen) atoms. The van der Waals surface area contributed by atoms with Crippen LogP contribution < -0.4 is 10.6 Å². The van der Waals surface area contributed by atoms with E-state index in [4.69, 9.17) is 5.11 Å². The maximum absolute atomic E-state index is 12.4. The molecule has 0 radical (unpaired) electrons. The zero-order chi connectivity index (χ0) is 14.3.